The average molecular weight is 2020 g/mol. The predicted octanol–water partition coefficient (Wildman–Crippen LogP) is 34.1. The van der Waals surface area contributed by atoms with E-state index in [0.717, 1.165) is 129 Å². The largest absolute Gasteiger partial charge is 4.00 e. The standard InChI is InChI=1S/C22H33N2.C19H19N2.C19H32NSi.C15H32NSi.3C7H7.9CH3.2Hf.2Ti/c1-6-7-15-23-20-13-8-9-14-21(20)24-22-18(16(2)3)11-10-12-19(22)17(4)5;1-12-10-13(2)18(14(3)11-12)21-17-7-5-6-16-9-8-15(4)20-19(16)17;1-13-10-16-11-14-8-7-9-15(14)12-17(16)18(13)21(5,6)20-19(2,3)4;1-10-11(2)13(4)14(12(10)3)17(8,9)16-15(5,6)7;3*1-7-5-3-2-4-6-7;;;;;;;;;;;;;/h10-12,14,16-17H,6-9,13,15H2,1-5H3;5-11H,1-4H3;11-13,16-18H,7-10H2,1-6H3;10-14H,1-9H3;3*2-6H,1H2;9*1H3;;;;/q16*-1;4*+4. The van der Waals surface area contributed by atoms with E-state index in [2.05, 4.69) is 244 Å². The summed E-state index contributed by atoms with van der Waals surface area (Å²) in [5, 5.41) is 11.2. The van der Waals surface area contributed by atoms with E-state index in [1.807, 2.05) is 116 Å². The van der Waals surface area contributed by atoms with Crippen LogP contribution >= 0.6 is 0 Å². The number of aryl methyl sites for hydroxylation is 4. The van der Waals surface area contributed by atoms with Gasteiger partial charge in [0.05, 0.1) is 5.52 Å². The molecule has 0 spiro atoms. The number of nitrogens with zero attached hydrogens (tertiary/aromatic N) is 6. The van der Waals surface area contributed by atoms with Gasteiger partial charge in [-0.15, -0.1) is 70.2 Å². The molecule has 1 heterocycles. The third-order valence-electron chi connectivity index (χ3n) is 21.7. The van der Waals surface area contributed by atoms with Crippen LogP contribution in [0, 0.1) is 157 Å². The van der Waals surface area contributed by atoms with Crippen LogP contribution in [0.5, 0.6) is 0 Å². The molecule has 0 saturated heterocycles. The fourth-order valence-corrected chi connectivity index (χ4v) is 27.0. The van der Waals surface area contributed by atoms with Crippen LogP contribution in [0.1, 0.15) is 231 Å². The number of hydrogen-bond donors (Lipinski definition) is 0. The molecule has 0 amide bonds. The van der Waals surface area contributed by atoms with Gasteiger partial charge in [0, 0.05) is 18.0 Å². The Labute approximate surface area is 797 Å². The van der Waals surface area contributed by atoms with Gasteiger partial charge < -0.3 is 87.4 Å². The summed E-state index contributed by atoms with van der Waals surface area (Å²) in [6.07, 6.45) is 18.8. The van der Waals surface area contributed by atoms with Crippen molar-refractivity contribution >= 4 is 50.1 Å². The second-order valence-corrected chi connectivity index (χ2v) is 42.9. The third kappa shape index (κ3) is 40.7. The maximum Gasteiger partial charge on any atom is 4.00 e. The molecular formula is C105H164Hf2N6Si2Ti2. The van der Waals surface area contributed by atoms with Crippen LogP contribution < -0.4 is 0 Å². The summed E-state index contributed by atoms with van der Waals surface area (Å²) >= 11 is 0. The van der Waals surface area contributed by atoms with Crippen molar-refractivity contribution in [2.75, 3.05) is 6.54 Å². The monoisotopic (exact) mass is 2020 g/mol. The summed E-state index contributed by atoms with van der Waals surface area (Å²) in [7, 11) is -3.06. The Hall–Kier alpha value is -3.65. The van der Waals surface area contributed by atoms with Crippen LogP contribution in [0.15, 0.2) is 192 Å². The maximum absolute atomic E-state index is 5.34. The first-order valence-electron chi connectivity index (χ1n) is 39.7. The van der Waals surface area contributed by atoms with Crippen LogP contribution in [0.25, 0.3) is 31.5 Å². The van der Waals surface area contributed by atoms with E-state index in [1.165, 1.54) is 77.7 Å². The zero-order valence-corrected chi connectivity index (χ0v) is 92.7. The minimum absolute atomic E-state index is 0. The Morgan fingerprint density at radius 2 is 0.932 bits per heavy atom. The van der Waals surface area contributed by atoms with Crippen molar-refractivity contribution in [1.82, 2.24) is 4.98 Å². The molecule has 0 aliphatic heterocycles. The molecule has 5 aliphatic carbocycles. The Balaban J connectivity index is -0.000000201. The Bertz CT molecular complexity index is 3760. The normalized spacial score (nSPS) is 19.2. The summed E-state index contributed by atoms with van der Waals surface area (Å²) in [5.41, 5.74) is 22.4. The van der Waals surface area contributed by atoms with E-state index >= 15 is 0 Å². The number of aliphatic imine (C=N–C) groups is 1. The molecule has 0 bridgehead atoms. The van der Waals surface area contributed by atoms with Gasteiger partial charge in [0.1, 0.15) is 0 Å². The van der Waals surface area contributed by atoms with E-state index < -0.39 is 16.5 Å². The maximum atomic E-state index is 5.34. The van der Waals surface area contributed by atoms with Crippen molar-refractivity contribution in [3.63, 3.8) is 0 Å². The van der Waals surface area contributed by atoms with E-state index in [-0.39, 0.29) is 173 Å². The number of benzene rings is 6. The average Bonchev–Trinajstić information content (AvgIpc) is 1.62. The van der Waals surface area contributed by atoms with Gasteiger partial charge in [-0.3, -0.25) is 9.98 Å². The van der Waals surface area contributed by atoms with Gasteiger partial charge in [0.15, 0.2) is 0 Å². The van der Waals surface area contributed by atoms with Crippen LogP contribution in [0.3, 0.4) is 0 Å². The zero-order chi connectivity index (χ0) is 76.9. The summed E-state index contributed by atoms with van der Waals surface area (Å²) in [6, 6.07) is 50.9. The Morgan fingerprint density at radius 3 is 1.34 bits per heavy atom. The van der Waals surface area contributed by atoms with Crippen molar-refractivity contribution in [3.8, 4) is 0 Å². The predicted molar refractivity (Wildman–Crippen MR) is 523 cm³/mol. The molecule has 5 aliphatic rings. The summed E-state index contributed by atoms with van der Waals surface area (Å²) in [6.45, 7) is 67.5. The number of aromatic nitrogens is 1. The minimum atomic E-state index is -1.57. The molecule has 638 valence electrons. The SMILES string of the molecule is CC1C(C)C(C)C([Si](C)(C)[N-]C(C)(C)C)C1C.CC1CC2C=C3CCCC3=CC2C1[Si](C)(C)[N-]C(C)(C)C.CCCCN=C1CCCC=C1[N-]c1c(C(C)C)cccc1C(C)C.Cc1cc(C)c([N-]c2cccc3ccc(C)nc23)c(C)c1.[CH2-]c1ccccc1.[CH2-]c1ccccc1.[CH2-]c1ccccc1.[CH3-].[CH3-].[CH3-].[CH3-].[CH3-].[CH3-].[CH3-].[CH3-].[CH3-].[Hf+4].[Hf+4].[Ti+4].[Ti+4]. The van der Waals surface area contributed by atoms with Gasteiger partial charge in [-0.25, -0.2) is 0 Å². The fourth-order valence-electron chi connectivity index (χ4n) is 17.2. The number of hydrogen-bond acceptors (Lipinski definition) is 2. The van der Waals surface area contributed by atoms with Gasteiger partial charge in [-0.2, -0.15) is 73.9 Å². The first kappa shape index (κ1) is 129. The van der Waals surface area contributed by atoms with Crippen LogP contribution in [-0.4, -0.2) is 44.8 Å². The van der Waals surface area contributed by atoms with Gasteiger partial charge in [0.25, 0.3) is 0 Å². The molecule has 12 heteroatoms. The molecule has 0 N–H and O–H groups in total. The first-order valence-corrected chi connectivity index (χ1v) is 45.7. The van der Waals surface area contributed by atoms with E-state index in [4.69, 9.17) is 25.6 Å². The van der Waals surface area contributed by atoms with Gasteiger partial charge in [-0.1, -0.05) is 290 Å². The van der Waals surface area contributed by atoms with Gasteiger partial charge >= 0.3 is 95.1 Å². The van der Waals surface area contributed by atoms with E-state index in [0.29, 0.717) is 11.8 Å². The quantitative estimate of drug-likeness (QED) is 0.0643. The molecule has 3 saturated carbocycles. The van der Waals surface area contributed by atoms with Crippen LogP contribution in [0.2, 0.25) is 37.3 Å². The van der Waals surface area contributed by atoms with Gasteiger partial charge in [-0.05, 0) is 155 Å². The number of allylic oxidation sites excluding steroid dienone is 6. The first-order chi connectivity index (χ1) is 48.9. The van der Waals surface area contributed by atoms with Crippen LogP contribution in [0.4, 0.5) is 17.1 Å². The molecule has 6 nitrogen and oxygen atoms in total. The fraction of sp³-hybridized carbons (Fsp3) is 0.448. The molecule has 8 atom stereocenters. The second kappa shape index (κ2) is 60.8. The van der Waals surface area contributed by atoms with Crippen LogP contribution in [-0.2, 0) is 95.1 Å². The van der Waals surface area contributed by atoms with Crippen molar-refractivity contribution in [2.45, 2.75) is 256 Å². The van der Waals surface area contributed by atoms with Crippen molar-refractivity contribution in [2.24, 2.45) is 46.4 Å². The third-order valence-corrected chi connectivity index (χ3v) is 29.4. The number of fused-ring (bicyclic) bond motifs is 3. The molecule has 6 aromatic carbocycles. The molecule has 1 aromatic heterocycles. The second-order valence-electron chi connectivity index (χ2n) is 34.5. The smallest absolute Gasteiger partial charge is 0.660 e. The number of pyridine rings is 1. The minimum Gasteiger partial charge on any atom is -0.660 e. The topological polar surface area (TPSA) is 81.7 Å². The molecule has 3 fully saturated rings. The van der Waals surface area contributed by atoms with E-state index in [1.54, 1.807) is 11.1 Å². The molecule has 117 heavy (non-hydrogen) atoms. The summed E-state index contributed by atoms with van der Waals surface area (Å²) in [4.78, 5) is 20.1. The van der Waals surface area contributed by atoms with Crippen molar-refractivity contribution < 1.29 is 95.1 Å². The molecular weight excluding hydrogens is 1850 g/mol. The van der Waals surface area contributed by atoms with Crippen molar-refractivity contribution in [1.29, 1.82) is 0 Å². The summed E-state index contributed by atoms with van der Waals surface area (Å²) in [5.74, 6) is 6.78. The zero-order valence-electron chi connectivity index (χ0n) is 80.4. The van der Waals surface area contributed by atoms with E-state index in [9.17, 15) is 0 Å². The number of rotatable bonds is 13. The molecule has 0 radical (unpaired) electrons. The summed E-state index contributed by atoms with van der Waals surface area (Å²) < 4.78 is 0. The molecule has 8 unspecified atom stereocenters. The number of para-hydroxylation sites is 2. The number of unbranched alkanes of at least 4 members (excludes halogenated alkanes) is 1. The van der Waals surface area contributed by atoms with Gasteiger partial charge in [0.2, 0.25) is 0 Å². The Kier molecular flexibility index (Phi) is 67.0. The Morgan fingerprint density at radius 1 is 0.504 bits per heavy atom. The molecule has 12 rings (SSSR count). The van der Waals surface area contributed by atoms with Crippen molar-refractivity contribution in [3.05, 3.63) is 345 Å². The molecule has 7 aromatic rings.